The van der Waals surface area contributed by atoms with Gasteiger partial charge in [-0.1, -0.05) is 22.0 Å². The fraction of sp³-hybridized carbons (Fsp3) is 0.429. The third-order valence-electron chi connectivity index (χ3n) is 2.94. The van der Waals surface area contributed by atoms with Gasteiger partial charge in [0.15, 0.2) is 6.29 Å². The number of carbonyl (C=O) groups excluding carboxylic acids is 2. The molecule has 1 heterocycles. The molecule has 1 unspecified atom stereocenters. The molecular formula is C14H17BrN2O4. The predicted octanol–water partition coefficient (Wildman–Crippen LogP) is 1.75. The minimum Gasteiger partial charge on any atom is -0.350 e. The number of nitrogens with one attached hydrogen (secondary N) is 2. The molecule has 7 heteroatoms. The van der Waals surface area contributed by atoms with Crippen LogP contribution in [0.4, 0.5) is 0 Å². The molecule has 1 aliphatic rings. The van der Waals surface area contributed by atoms with Crippen molar-refractivity contribution in [1.82, 2.24) is 10.8 Å². The number of carbonyl (C=O) groups is 2. The largest absolute Gasteiger partial charge is 0.350 e. The molecule has 21 heavy (non-hydrogen) atoms. The topological polar surface area (TPSA) is 76.7 Å². The molecule has 1 saturated heterocycles. The van der Waals surface area contributed by atoms with Gasteiger partial charge in [0.25, 0.3) is 11.8 Å². The summed E-state index contributed by atoms with van der Waals surface area (Å²) in [5.41, 5.74) is 2.76. The van der Waals surface area contributed by atoms with E-state index in [0.29, 0.717) is 12.2 Å². The fourth-order valence-electron chi connectivity index (χ4n) is 1.86. The molecule has 2 rings (SSSR count). The zero-order valence-electron chi connectivity index (χ0n) is 11.4. The quantitative estimate of drug-likeness (QED) is 0.788. The summed E-state index contributed by atoms with van der Waals surface area (Å²) in [4.78, 5) is 28.5. The van der Waals surface area contributed by atoms with E-state index < -0.39 is 12.2 Å². The van der Waals surface area contributed by atoms with Gasteiger partial charge in [-0.05, 0) is 31.0 Å². The molecule has 1 aromatic rings. The molecule has 1 fully saturated rings. The summed E-state index contributed by atoms with van der Waals surface area (Å²) in [5, 5.41) is 2.52. The van der Waals surface area contributed by atoms with Crippen LogP contribution in [0.15, 0.2) is 28.7 Å². The van der Waals surface area contributed by atoms with Crippen molar-refractivity contribution in [1.29, 1.82) is 0 Å². The molecule has 1 atom stereocenters. The molecule has 0 aromatic heterocycles. The van der Waals surface area contributed by atoms with Crippen molar-refractivity contribution >= 4 is 27.7 Å². The van der Waals surface area contributed by atoms with E-state index in [1.165, 1.54) is 0 Å². The van der Waals surface area contributed by atoms with Crippen LogP contribution >= 0.6 is 15.9 Å². The SMILES string of the molecule is O=C(CNC(=O)c1cccc(Br)c1)NOC1CCCCO1. The van der Waals surface area contributed by atoms with Gasteiger partial charge in [-0.2, -0.15) is 0 Å². The maximum atomic E-state index is 11.8. The maximum absolute atomic E-state index is 11.8. The Kier molecular flexibility index (Phi) is 6.16. The standard InChI is InChI=1S/C14H17BrN2O4/c15-11-5-3-4-10(8-11)14(19)16-9-12(18)17-21-13-6-1-2-7-20-13/h3-5,8,13H,1-2,6-7,9H2,(H,16,19)(H,17,18). The number of benzene rings is 1. The lowest BCUT2D eigenvalue weighted by Gasteiger charge is -2.22. The fourth-order valence-corrected chi connectivity index (χ4v) is 2.26. The molecule has 0 saturated carbocycles. The average Bonchev–Trinajstić information content (AvgIpc) is 2.51. The number of hydrogen-bond donors (Lipinski definition) is 2. The first-order valence-corrected chi connectivity index (χ1v) is 7.54. The van der Waals surface area contributed by atoms with Gasteiger partial charge in [0.2, 0.25) is 0 Å². The molecule has 1 aromatic carbocycles. The molecule has 0 aliphatic carbocycles. The van der Waals surface area contributed by atoms with Crippen molar-refractivity contribution in [3.05, 3.63) is 34.3 Å². The van der Waals surface area contributed by atoms with Gasteiger partial charge in [0, 0.05) is 23.1 Å². The van der Waals surface area contributed by atoms with E-state index in [-0.39, 0.29) is 12.5 Å². The van der Waals surface area contributed by atoms with Crippen LogP contribution in [0.2, 0.25) is 0 Å². The number of ether oxygens (including phenoxy) is 1. The Labute approximate surface area is 131 Å². The minimum atomic E-state index is -0.424. The number of amides is 2. The second-order valence-corrected chi connectivity index (χ2v) is 5.55. The highest BCUT2D eigenvalue weighted by atomic mass is 79.9. The maximum Gasteiger partial charge on any atom is 0.263 e. The first-order valence-electron chi connectivity index (χ1n) is 6.75. The Morgan fingerprint density at radius 3 is 2.95 bits per heavy atom. The second kappa shape index (κ2) is 8.11. The zero-order chi connectivity index (χ0) is 15.1. The highest BCUT2D eigenvalue weighted by Gasteiger charge is 2.16. The Morgan fingerprint density at radius 2 is 2.24 bits per heavy atom. The Morgan fingerprint density at radius 1 is 1.38 bits per heavy atom. The summed E-state index contributed by atoms with van der Waals surface area (Å²) in [5.74, 6) is -0.743. The van der Waals surface area contributed by atoms with Gasteiger partial charge in [-0.25, -0.2) is 10.3 Å². The lowest BCUT2D eigenvalue weighted by atomic mass is 10.2. The zero-order valence-corrected chi connectivity index (χ0v) is 13.0. The van der Waals surface area contributed by atoms with E-state index >= 15 is 0 Å². The molecule has 6 nitrogen and oxygen atoms in total. The van der Waals surface area contributed by atoms with Gasteiger partial charge >= 0.3 is 0 Å². The van der Waals surface area contributed by atoms with Crippen LogP contribution < -0.4 is 10.8 Å². The molecule has 114 valence electrons. The molecule has 0 bridgehead atoms. The third-order valence-corrected chi connectivity index (χ3v) is 3.43. The van der Waals surface area contributed by atoms with E-state index in [1.807, 2.05) is 6.07 Å². The van der Waals surface area contributed by atoms with Crippen LogP contribution in [0.5, 0.6) is 0 Å². The van der Waals surface area contributed by atoms with Crippen molar-refractivity contribution in [2.75, 3.05) is 13.2 Å². The van der Waals surface area contributed by atoms with E-state index in [0.717, 1.165) is 23.7 Å². The van der Waals surface area contributed by atoms with E-state index in [4.69, 9.17) is 9.57 Å². The molecule has 2 amide bonds. The Bertz CT molecular complexity index is 504. The lowest BCUT2D eigenvalue weighted by Crippen LogP contribution is -2.39. The molecule has 0 radical (unpaired) electrons. The number of halogens is 1. The van der Waals surface area contributed by atoms with E-state index in [2.05, 4.69) is 26.7 Å². The summed E-state index contributed by atoms with van der Waals surface area (Å²) in [7, 11) is 0. The highest BCUT2D eigenvalue weighted by molar-refractivity contribution is 9.10. The molecule has 2 N–H and O–H groups in total. The van der Waals surface area contributed by atoms with Crippen LogP contribution in [-0.4, -0.2) is 31.3 Å². The first kappa shape index (κ1) is 15.9. The number of hydrogen-bond acceptors (Lipinski definition) is 4. The van der Waals surface area contributed by atoms with Crippen molar-refractivity contribution < 1.29 is 19.2 Å². The number of rotatable bonds is 5. The summed E-state index contributed by atoms with van der Waals surface area (Å²) in [6.07, 6.45) is 2.38. The van der Waals surface area contributed by atoms with Crippen LogP contribution in [0, 0.1) is 0 Å². The normalized spacial score (nSPS) is 18.0. The third kappa shape index (κ3) is 5.45. The summed E-state index contributed by atoms with van der Waals surface area (Å²) >= 11 is 3.29. The second-order valence-electron chi connectivity index (χ2n) is 4.63. The monoisotopic (exact) mass is 356 g/mol. The van der Waals surface area contributed by atoms with Crippen molar-refractivity contribution in [3.63, 3.8) is 0 Å². The van der Waals surface area contributed by atoms with Crippen LogP contribution in [0.1, 0.15) is 29.6 Å². The molecule has 1 aliphatic heterocycles. The predicted molar refractivity (Wildman–Crippen MR) is 79.3 cm³/mol. The smallest absolute Gasteiger partial charge is 0.263 e. The van der Waals surface area contributed by atoms with E-state index in [9.17, 15) is 9.59 Å². The Balaban J connectivity index is 1.69. The summed E-state index contributed by atoms with van der Waals surface area (Å²) < 4.78 is 6.11. The van der Waals surface area contributed by atoms with Crippen LogP contribution in [0.25, 0.3) is 0 Å². The van der Waals surface area contributed by atoms with Gasteiger partial charge in [0.05, 0.1) is 6.54 Å². The van der Waals surface area contributed by atoms with E-state index in [1.54, 1.807) is 18.2 Å². The molecule has 0 spiro atoms. The molecular weight excluding hydrogens is 340 g/mol. The van der Waals surface area contributed by atoms with Gasteiger partial charge in [-0.3, -0.25) is 9.59 Å². The van der Waals surface area contributed by atoms with Gasteiger partial charge in [-0.15, -0.1) is 0 Å². The lowest BCUT2D eigenvalue weighted by molar-refractivity contribution is -0.200. The number of hydroxylamine groups is 1. The highest BCUT2D eigenvalue weighted by Crippen LogP contribution is 2.12. The summed E-state index contributed by atoms with van der Waals surface area (Å²) in [6, 6.07) is 6.92. The Hall–Kier alpha value is -1.44. The first-order chi connectivity index (χ1) is 10.1. The average molecular weight is 357 g/mol. The van der Waals surface area contributed by atoms with Crippen molar-refractivity contribution in [3.8, 4) is 0 Å². The summed E-state index contributed by atoms with van der Waals surface area (Å²) in [6.45, 7) is 0.484. The van der Waals surface area contributed by atoms with Crippen molar-refractivity contribution in [2.24, 2.45) is 0 Å². The van der Waals surface area contributed by atoms with Crippen molar-refractivity contribution in [2.45, 2.75) is 25.6 Å². The van der Waals surface area contributed by atoms with Crippen LogP contribution in [-0.2, 0) is 14.4 Å². The minimum absolute atomic E-state index is 0.155. The van der Waals surface area contributed by atoms with Crippen LogP contribution in [0.3, 0.4) is 0 Å². The van der Waals surface area contributed by atoms with Gasteiger partial charge < -0.3 is 10.1 Å². The van der Waals surface area contributed by atoms with Gasteiger partial charge in [0.1, 0.15) is 0 Å².